The van der Waals surface area contributed by atoms with Gasteiger partial charge in [-0.2, -0.15) is 0 Å². The van der Waals surface area contributed by atoms with Crippen molar-refractivity contribution in [1.29, 1.82) is 0 Å². The fourth-order valence-electron chi connectivity index (χ4n) is 2.33. The van der Waals surface area contributed by atoms with E-state index < -0.39 is 0 Å². The molecule has 0 radical (unpaired) electrons. The smallest absolute Gasteiger partial charge is 0.238 e. The van der Waals surface area contributed by atoms with Gasteiger partial charge in [-0.3, -0.25) is 9.69 Å². The molecule has 2 rings (SSSR count). The summed E-state index contributed by atoms with van der Waals surface area (Å²) in [6.45, 7) is 0.976. The van der Waals surface area contributed by atoms with Gasteiger partial charge in [-0.15, -0.1) is 0 Å². The van der Waals surface area contributed by atoms with Crippen LogP contribution in [0.15, 0.2) is 24.3 Å². The molecule has 1 aromatic rings. The highest BCUT2D eigenvalue weighted by Crippen LogP contribution is 2.24. The Morgan fingerprint density at radius 3 is 2.60 bits per heavy atom. The van der Waals surface area contributed by atoms with E-state index in [9.17, 15) is 4.79 Å². The molecular formula is C15H22N2O3. The number of aliphatic hydroxyl groups excluding tert-OH is 1. The van der Waals surface area contributed by atoms with Crippen LogP contribution in [-0.2, 0) is 4.79 Å². The van der Waals surface area contributed by atoms with Gasteiger partial charge in [-0.25, -0.2) is 0 Å². The van der Waals surface area contributed by atoms with Crippen LogP contribution in [0.1, 0.15) is 19.3 Å². The number of rotatable bonds is 7. The Morgan fingerprint density at radius 1 is 1.40 bits per heavy atom. The highest BCUT2D eigenvalue weighted by atomic mass is 16.5. The highest BCUT2D eigenvalue weighted by Gasteiger charge is 2.25. The molecule has 5 heteroatoms. The van der Waals surface area contributed by atoms with Gasteiger partial charge < -0.3 is 15.2 Å². The summed E-state index contributed by atoms with van der Waals surface area (Å²) in [5, 5.41) is 11.9. The molecule has 0 saturated heterocycles. The number of hydrogen-bond acceptors (Lipinski definition) is 4. The minimum absolute atomic E-state index is 0.0458. The Labute approximate surface area is 119 Å². The lowest BCUT2D eigenvalue weighted by atomic mass is 9.91. The molecule has 1 saturated carbocycles. The number of aliphatic hydroxyl groups is 1. The lowest BCUT2D eigenvalue weighted by molar-refractivity contribution is -0.118. The minimum atomic E-state index is -0.0458. The van der Waals surface area contributed by atoms with Gasteiger partial charge in [0.15, 0.2) is 0 Å². The standard InChI is InChI=1S/C15H22N2O3/c1-20-14-7-5-12(6-8-14)16-15(19)11-17(9-10-18)13-3-2-4-13/h5-8,13,18H,2-4,9-11H2,1H3,(H,16,19). The van der Waals surface area contributed by atoms with Gasteiger partial charge in [0.1, 0.15) is 5.75 Å². The molecule has 5 nitrogen and oxygen atoms in total. The Kier molecular flexibility index (Phi) is 5.38. The second-order valence-electron chi connectivity index (χ2n) is 5.06. The summed E-state index contributed by atoms with van der Waals surface area (Å²) in [7, 11) is 1.61. The normalized spacial score (nSPS) is 14.9. The Hall–Kier alpha value is -1.59. The van der Waals surface area contributed by atoms with E-state index in [-0.39, 0.29) is 12.5 Å². The Morgan fingerprint density at radius 2 is 2.10 bits per heavy atom. The molecule has 1 aromatic carbocycles. The second-order valence-corrected chi connectivity index (χ2v) is 5.06. The number of methoxy groups -OCH3 is 1. The van der Waals surface area contributed by atoms with Crippen LogP contribution in [0.25, 0.3) is 0 Å². The van der Waals surface area contributed by atoms with Crippen LogP contribution in [0.5, 0.6) is 5.75 Å². The van der Waals surface area contributed by atoms with Crippen LogP contribution >= 0.6 is 0 Å². The first kappa shape index (κ1) is 14.8. The van der Waals surface area contributed by atoms with Crippen molar-refractivity contribution < 1.29 is 14.6 Å². The molecule has 0 unspecified atom stereocenters. The topological polar surface area (TPSA) is 61.8 Å². The summed E-state index contributed by atoms with van der Waals surface area (Å²) in [6.07, 6.45) is 3.46. The van der Waals surface area contributed by atoms with Crippen molar-refractivity contribution in [2.75, 3.05) is 32.1 Å². The number of anilines is 1. The van der Waals surface area contributed by atoms with E-state index in [1.807, 2.05) is 24.3 Å². The van der Waals surface area contributed by atoms with Crippen LogP contribution in [0.2, 0.25) is 0 Å². The summed E-state index contributed by atoms with van der Waals surface area (Å²) in [6, 6.07) is 7.70. The number of carbonyl (C=O) groups excluding carboxylic acids is 1. The lowest BCUT2D eigenvalue weighted by Crippen LogP contribution is -2.45. The van der Waals surface area contributed by atoms with Crippen LogP contribution < -0.4 is 10.1 Å². The van der Waals surface area contributed by atoms with Crippen molar-refractivity contribution in [3.05, 3.63) is 24.3 Å². The van der Waals surface area contributed by atoms with E-state index in [1.165, 1.54) is 6.42 Å². The Bertz CT molecular complexity index is 429. The molecule has 0 aliphatic heterocycles. The van der Waals surface area contributed by atoms with E-state index in [0.29, 0.717) is 19.1 Å². The van der Waals surface area contributed by atoms with Crippen molar-refractivity contribution in [2.45, 2.75) is 25.3 Å². The zero-order valence-electron chi connectivity index (χ0n) is 11.8. The lowest BCUT2D eigenvalue weighted by Gasteiger charge is -2.36. The van der Waals surface area contributed by atoms with Crippen LogP contribution in [0.3, 0.4) is 0 Å². The third-order valence-electron chi connectivity index (χ3n) is 3.70. The van der Waals surface area contributed by atoms with E-state index in [2.05, 4.69) is 10.2 Å². The van der Waals surface area contributed by atoms with E-state index in [1.54, 1.807) is 7.11 Å². The molecular weight excluding hydrogens is 256 g/mol. The zero-order chi connectivity index (χ0) is 14.4. The maximum Gasteiger partial charge on any atom is 0.238 e. The molecule has 2 N–H and O–H groups in total. The number of hydrogen-bond donors (Lipinski definition) is 2. The van der Waals surface area contributed by atoms with Gasteiger partial charge >= 0.3 is 0 Å². The first-order valence-corrected chi connectivity index (χ1v) is 7.01. The van der Waals surface area contributed by atoms with Gasteiger partial charge in [-0.1, -0.05) is 6.42 Å². The maximum absolute atomic E-state index is 12.0. The number of nitrogens with one attached hydrogen (secondary N) is 1. The van der Waals surface area contributed by atoms with E-state index >= 15 is 0 Å². The third kappa shape index (κ3) is 3.95. The van der Waals surface area contributed by atoms with Crippen molar-refractivity contribution in [1.82, 2.24) is 4.90 Å². The second kappa shape index (κ2) is 7.26. The first-order valence-electron chi connectivity index (χ1n) is 7.01. The Balaban J connectivity index is 1.86. The summed E-state index contributed by atoms with van der Waals surface area (Å²) in [4.78, 5) is 14.1. The monoisotopic (exact) mass is 278 g/mol. The fraction of sp³-hybridized carbons (Fsp3) is 0.533. The predicted molar refractivity (Wildman–Crippen MR) is 77.9 cm³/mol. The molecule has 0 heterocycles. The highest BCUT2D eigenvalue weighted by molar-refractivity contribution is 5.92. The van der Waals surface area contributed by atoms with Crippen molar-refractivity contribution in [2.24, 2.45) is 0 Å². The van der Waals surface area contributed by atoms with Gasteiger partial charge in [0, 0.05) is 18.3 Å². The quantitative estimate of drug-likeness (QED) is 0.793. The summed E-state index contributed by atoms with van der Waals surface area (Å²) in [5.74, 6) is 0.717. The van der Waals surface area contributed by atoms with Crippen molar-refractivity contribution >= 4 is 11.6 Å². The summed E-state index contributed by atoms with van der Waals surface area (Å²) in [5.41, 5.74) is 0.758. The van der Waals surface area contributed by atoms with Gasteiger partial charge in [0.05, 0.1) is 20.3 Å². The average Bonchev–Trinajstić information content (AvgIpc) is 2.37. The third-order valence-corrected chi connectivity index (χ3v) is 3.70. The molecule has 1 aliphatic rings. The van der Waals surface area contributed by atoms with Crippen LogP contribution in [-0.4, -0.2) is 48.8 Å². The molecule has 110 valence electrons. The molecule has 0 atom stereocenters. The molecule has 20 heavy (non-hydrogen) atoms. The minimum Gasteiger partial charge on any atom is -0.497 e. The number of nitrogens with zero attached hydrogens (tertiary/aromatic N) is 1. The number of amides is 1. The molecule has 1 fully saturated rings. The predicted octanol–water partition coefficient (Wildman–Crippen LogP) is 1.48. The fourth-order valence-corrected chi connectivity index (χ4v) is 2.33. The zero-order valence-corrected chi connectivity index (χ0v) is 11.8. The average molecular weight is 278 g/mol. The first-order chi connectivity index (χ1) is 9.72. The number of benzene rings is 1. The molecule has 1 amide bonds. The van der Waals surface area contributed by atoms with Crippen LogP contribution in [0, 0.1) is 0 Å². The SMILES string of the molecule is COc1ccc(NC(=O)CN(CCO)C2CCC2)cc1. The largest absolute Gasteiger partial charge is 0.497 e. The number of ether oxygens (including phenoxy) is 1. The molecule has 0 spiro atoms. The molecule has 1 aliphatic carbocycles. The molecule has 0 bridgehead atoms. The summed E-state index contributed by atoms with van der Waals surface area (Å²) < 4.78 is 5.08. The molecule has 0 aromatic heterocycles. The van der Waals surface area contributed by atoms with Crippen molar-refractivity contribution in [3.63, 3.8) is 0 Å². The van der Waals surface area contributed by atoms with E-state index in [4.69, 9.17) is 9.84 Å². The van der Waals surface area contributed by atoms with Crippen LogP contribution in [0.4, 0.5) is 5.69 Å². The maximum atomic E-state index is 12.0. The van der Waals surface area contributed by atoms with Gasteiger partial charge in [0.2, 0.25) is 5.91 Å². The van der Waals surface area contributed by atoms with Gasteiger partial charge in [-0.05, 0) is 37.1 Å². The van der Waals surface area contributed by atoms with Gasteiger partial charge in [0.25, 0.3) is 0 Å². The van der Waals surface area contributed by atoms with E-state index in [0.717, 1.165) is 24.3 Å². The number of carbonyl (C=O) groups is 1. The summed E-state index contributed by atoms with van der Waals surface area (Å²) >= 11 is 0. The van der Waals surface area contributed by atoms with Crippen molar-refractivity contribution in [3.8, 4) is 5.75 Å².